The van der Waals surface area contributed by atoms with Gasteiger partial charge in [-0.25, -0.2) is 0 Å². The van der Waals surface area contributed by atoms with Gasteiger partial charge in [-0.05, 0) is 53.6 Å². The van der Waals surface area contributed by atoms with Gasteiger partial charge in [0.1, 0.15) is 5.76 Å². The number of hydrogen-bond acceptors (Lipinski definition) is 3. The summed E-state index contributed by atoms with van der Waals surface area (Å²) < 4.78 is 44.6. The Morgan fingerprint density at radius 2 is 1.82 bits per heavy atom. The fraction of sp³-hybridized carbons (Fsp3) is 0.167. The molecule has 0 aliphatic heterocycles. The van der Waals surface area contributed by atoms with Crippen LogP contribution in [0.5, 0.6) is 0 Å². The third-order valence-electron chi connectivity index (χ3n) is 4.77. The molecule has 9 heteroatoms. The summed E-state index contributed by atoms with van der Waals surface area (Å²) in [6.07, 6.45) is -0.613. The molecule has 1 N–H and O–H groups in total. The van der Waals surface area contributed by atoms with Gasteiger partial charge in [0, 0.05) is 25.2 Å². The third kappa shape index (κ3) is 6.49. The van der Waals surface area contributed by atoms with Crippen LogP contribution in [0.2, 0.25) is 5.02 Å². The fourth-order valence-corrected chi connectivity index (χ4v) is 3.29. The molecule has 172 valence electrons. The van der Waals surface area contributed by atoms with Crippen molar-refractivity contribution in [1.82, 2.24) is 10.2 Å². The molecule has 1 heterocycles. The van der Waals surface area contributed by atoms with Gasteiger partial charge in [-0.1, -0.05) is 29.8 Å². The van der Waals surface area contributed by atoms with E-state index in [1.165, 1.54) is 36.4 Å². The number of furan rings is 1. The Bertz CT molecular complexity index is 1140. The van der Waals surface area contributed by atoms with E-state index in [1.54, 1.807) is 36.4 Å². The third-order valence-corrected chi connectivity index (χ3v) is 5.10. The van der Waals surface area contributed by atoms with Gasteiger partial charge in [0.15, 0.2) is 0 Å². The lowest BCUT2D eigenvalue weighted by Gasteiger charge is -2.20. The number of hydrogen-bond donors (Lipinski definition) is 1. The summed E-state index contributed by atoms with van der Waals surface area (Å²) in [6.45, 7) is 0.355. The van der Waals surface area contributed by atoms with Crippen LogP contribution >= 0.6 is 11.6 Å². The Morgan fingerprint density at radius 1 is 1.09 bits per heavy atom. The summed E-state index contributed by atoms with van der Waals surface area (Å²) in [5.41, 5.74) is 0.463. The van der Waals surface area contributed by atoms with Gasteiger partial charge in [0.25, 0.3) is 5.91 Å². The van der Waals surface area contributed by atoms with E-state index in [1.807, 2.05) is 0 Å². The first-order chi connectivity index (χ1) is 15.7. The van der Waals surface area contributed by atoms with Gasteiger partial charge < -0.3 is 14.6 Å². The van der Waals surface area contributed by atoms with Crippen LogP contribution in [-0.2, 0) is 24.1 Å². The zero-order valence-electron chi connectivity index (χ0n) is 17.5. The highest BCUT2D eigenvalue weighted by Crippen LogP contribution is 2.35. The molecule has 5 nitrogen and oxygen atoms in total. The number of alkyl halides is 3. The SMILES string of the molecule is CNC(=O)c1ccc(CN(Cc2ccco2)C(=O)C=Cc2ccc(Cl)c(C(F)(F)F)c2)cc1. The van der Waals surface area contributed by atoms with Crippen molar-refractivity contribution in [3.05, 3.63) is 100.0 Å². The van der Waals surface area contributed by atoms with Crippen LogP contribution in [0.1, 0.15) is 32.8 Å². The highest BCUT2D eigenvalue weighted by molar-refractivity contribution is 6.31. The highest BCUT2D eigenvalue weighted by Gasteiger charge is 2.33. The maximum atomic E-state index is 13.1. The van der Waals surface area contributed by atoms with Crippen LogP contribution in [0.4, 0.5) is 13.2 Å². The monoisotopic (exact) mass is 476 g/mol. The van der Waals surface area contributed by atoms with Crippen LogP contribution in [0.25, 0.3) is 6.08 Å². The van der Waals surface area contributed by atoms with Crippen LogP contribution in [0, 0.1) is 0 Å². The molecule has 0 atom stereocenters. The summed E-state index contributed by atoms with van der Waals surface area (Å²) in [4.78, 5) is 26.1. The van der Waals surface area contributed by atoms with Gasteiger partial charge in [0.05, 0.1) is 23.4 Å². The topological polar surface area (TPSA) is 62.6 Å². The van der Waals surface area contributed by atoms with Crippen LogP contribution in [0.15, 0.2) is 71.4 Å². The summed E-state index contributed by atoms with van der Waals surface area (Å²) >= 11 is 5.65. The summed E-state index contributed by atoms with van der Waals surface area (Å²) in [5, 5.41) is 2.12. The molecule has 0 fully saturated rings. The number of halogens is 4. The van der Waals surface area contributed by atoms with E-state index in [9.17, 15) is 22.8 Å². The zero-order chi connectivity index (χ0) is 24.0. The first-order valence-corrected chi connectivity index (χ1v) is 10.2. The minimum Gasteiger partial charge on any atom is -0.467 e. The molecule has 3 rings (SSSR count). The minimum absolute atomic E-state index is 0.155. The lowest BCUT2D eigenvalue weighted by molar-refractivity contribution is -0.137. The molecule has 33 heavy (non-hydrogen) atoms. The quantitative estimate of drug-likeness (QED) is 0.454. The second kappa shape index (κ2) is 10.4. The molecule has 0 bridgehead atoms. The minimum atomic E-state index is -4.60. The maximum Gasteiger partial charge on any atom is 0.417 e. The fourth-order valence-electron chi connectivity index (χ4n) is 3.07. The highest BCUT2D eigenvalue weighted by atomic mass is 35.5. The van der Waals surface area contributed by atoms with E-state index < -0.39 is 22.7 Å². The number of nitrogens with one attached hydrogen (secondary N) is 1. The van der Waals surface area contributed by atoms with Gasteiger partial charge in [-0.15, -0.1) is 0 Å². The first-order valence-electron chi connectivity index (χ1n) is 9.84. The maximum absolute atomic E-state index is 13.1. The predicted molar refractivity (Wildman–Crippen MR) is 118 cm³/mol. The van der Waals surface area contributed by atoms with E-state index in [4.69, 9.17) is 16.0 Å². The summed E-state index contributed by atoms with van der Waals surface area (Å²) in [7, 11) is 1.53. The van der Waals surface area contributed by atoms with E-state index in [0.717, 1.165) is 17.7 Å². The second-order valence-electron chi connectivity index (χ2n) is 7.12. The average Bonchev–Trinajstić information content (AvgIpc) is 3.30. The molecule has 2 amide bonds. The molecule has 0 spiro atoms. The van der Waals surface area contributed by atoms with Gasteiger partial charge in [-0.3, -0.25) is 9.59 Å². The molecule has 0 unspecified atom stereocenters. The van der Waals surface area contributed by atoms with Crippen molar-refractivity contribution in [3.8, 4) is 0 Å². The Morgan fingerprint density at radius 3 is 2.42 bits per heavy atom. The van der Waals surface area contributed by atoms with E-state index >= 15 is 0 Å². The molecule has 0 saturated heterocycles. The summed E-state index contributed by atoms with van der Waals surface area (Å²) in [6, 6.07) is 13.6. The number of benzene rings is 2. The van der Waals surface area contributed by atoms with Gasteiger partial charge in [0.2, 0.25) is 5.91 Å². The largest absolute Gasteiger partial charge is 0.467 e. The number of amides is 2. The molecule has 3 aromatic rings. The van der Waals surface area contributed by atoms with Crippen molar-refractivity contribution in [3.63, 3.8) is 0 Å². The molecular weight excluding hydrogens is 457 g/mol. The lowest BCUT2D eigenvalue weighted by Crippen LogP contribution is -2.28. The molecular formula is C24H20ClF3N2O3. The van der Waals surface area contributed by atoms with Crippen molar-refractivity contribution < 1.29 is 27.2 Å². The number of carbonyl (C=O) groups is 2. The van der Waals surface area contributed by atoms with Crippen LogP contribution in [-0.4, -0.2) is 23.8 Å². The summed E-state index contributed by atoms with van der Waals surface area (Å²) in [5.74, 6) is -0.107. The van der Waals surface area contributed by atoms with Crippen LogP contribution in [0.3, 0.4) is 0 Å². The Hall–Kier alpha value is -3.52. The van der Waals surface area contributed by atoms with Crippen molar-refractivity contribution in [1.29, 1.82) is 0 Å². The first kappa shape index (κ1) is 24.1. The van der Waals surface area contributed by atoms with Crippen molar-refractivity contribution in [2.24, 2.45) is 0 Å². The zero-order valence-corrected chi connectivity index (χ0v) is 18.3. The number of carbonyl (C=O) groups excluding carboxylic acids is 2. The molecule has 2 aromatic carbocycles. The number of rotatable bonds is 7. The number of nitrogens with zero attached hydrogens (tertiary/aromatic N) is 1. The van der Waals surface area contributed by atoms with E-state index in [2.05, 4.69) is 5.32 Å². The Kier molecular flexibility index (Phi) is 7.60. The average molecular weight is 477 g/mol. The molecule has 0 aliphatic rings. The van der Waals surface area contributed by atoms with E-state index in [-0.39, 0.29) is 24.6 Å². The van der Waals surface area contributed by atoms with Gasteiger partial charge in [-0.2, -0.15) is 13.2 Å². The Labute approximate surface area is 193 Å². The second-order valence-corrected chi connectivity index (χ2v) is 7.53. The standard InChI is InChI=1S/C24H20ClF3N2O3/c1-29-23(32)18-8-4-17(5-9-18)14-30(15-19-3-2-12-33-19)22(31)11-7-16-6-10-21(25)20(13-16)24(26,27)28/h2-13H,14-15H2,1H3,(H,29,32). The van der Waals surface area contributed by atoms with Crippen LogP contribution < -0.4 is 5.32 Å². The molecule has 0 saturated carbocycles. The molecule has 1 aromatic heterocycles. The smallest absolute Gasteiger partial charge is 0.417 e. The van der Waals surface area contributed by atoms with Crippen molar-refractivity contribution >= 4 is 29.5 Å². The predicted octanol–water partition coefficient (Wildman–Crippen LogP) is 5.55. The van der Waals surface area contributed by atoms with Crippen molar-refractivity contribution in [2.75, 3.05) is 7.05 Å². The lowest BCUT2D eigenvalue weighted by atomic mass is 10.1. The molecule has 0 radical (unpaired) electrons. The van der Waals surface area contributed by atoms with E-state index in [0.29, 0.717) is 11.3 Å². The Balaban J connectivity index is 1.80. The molecule has 0 aliphatic carbocycles. The van der Waals surface area contributed by atoms with Crippen molar-refractivity contribution in [2.45, 2.75) is 19.3 Å². The van der Waals surface area contributed by atoms with Gasteiger partial charge >= 0.3 is 6.18 Å². The normalized spacial score (nSPS) is 11.5.